The first-order valence-electron chi connectivity index (χ1n) is 6.32. The second-order valence-electron chi connectivity index (χ2n) is 4.86. The van der Waals surface area contributed by atoms with Crippen LogP contribution in [0.4, 0.5) is 5.69 Å². The summed E-state index contributed by atoms with van der Waals surface area (Å²) in [7, 11) is -2.08. The molecule has 0 saturated heterocycles. The standard InChI is InChI=1S/C13H18N2O4S/c1-8(19-3)7-14-20(17,18)10-4-5-12-11(6-10)9(2)13(16)15-12/h4-6,8-9,14H,7H2,1-3H3,(H,15,16). The summed E-state index contributed by atoms with van der Waals surface area (Å²) in [5.74, 6) is -0.450. The van der Waals surface area contributed by atoms with Gasteiger partial charge in [0.1, 0.15) is 0 Å². The summed E-state index contributed by atoms with van der Waals surface area (Å²) < 4.78 is 31.8. The van der Waals surface area contributed by atoms with E-state index in [0.29, 0.717) is 11.3 Å². The summed E-state index contributed by atoms with van der Waals surface area (Å²) in [5, 5.41) is 2.71. The van der Waals surface area contributed by atoms with Crippen LogP contribution in [0, 0.1) is 0 Å². The molecule has 110 valence electrons. The van der Waals surface area contributed by atoms with Gasteiger partial charge in [0.15, 0.2) is 0 Å². The number of carbonyl (C=O) groups is 1. The number of sulfonamides is 1. The summed E-state index contributed by atoms with van der Waals surface area (Å²) in [6, 6.07) is 4.64. The lowest BCUT2D eigenvalue weighted by Gasteiger charge is -2.12. The minimum Gasteiger partial charge on any atom is -0.380 e. The highest BCUT2D eigenvalue weighted by molar-refractivity contribution is 7.89. The zero-order valence-electron chi connectivity index (χ0n) is 11.6. The number of methoxy groups -OCH3 is 1. The number of ether oxygens (including phenoxy) is 1. The molecule has 0 fully saturated rings. The fourth-order valence-corrected chi connectivity index (χ4v) is 3.11. The Morgan fingerprint density at radius 3 is 2.80 bits per heavy atom. The van der Waals surface area contributed by atoms with Gasteiger partial charge in [0.25, 0.3) is 0 Å². The Hall–Kier alpha value is -1.44. The first-order chi connectivity index (χ1) is 9.35. The van der Waals surface area contributed by atoms with Crippen molar-refractivity contribution in [3.8, 4) is 0 Å². The zero-order valence-corrected chi connectivity index (χ0v) is 12.5. The molecule has 2 unspecified atom stereocenters. The summed E-state index contributed by atoms with van der Waals surface area (Å²) >= 11 is 0. The van der Waals surface area contributed by atoms with Crippen LogP contribution in [0.15, 0.2) is 23.1 Å². The molecule has 1 aliphatic rings. The van der Waals surface area contributed by atoms with Crippen molar-refractivity contribution in [2.75, 3.05) is 19.0 Å². The van der Waals surface area contributed by atoms with Crippen molar-refractivity contribution < 1.29 is 17.9 Å². The van der Waals surface area contributed by atoms with E-state index in [0.717, 1.165) is 0 Å². The lowest BCUT2D eigenvalue weighted by molar-refractivity contribution is -0.116. The highest BCUT2D eigenvalue weighted by Gasteiger charge is 2.28. The Morgan fingerprint density at radius 2 is 2.15 bits per heavy atom. The van der Waals surface area contributed by atoms with Gasteiger partial charge in [0, 0.05) is 19.3 Å². The van der Waals surface area contributed by atoms with Gasteiger partial charge in [-0.3, -0.25) is 4.79 Å². The lowest BCUT2D eigenvalue weighted by atomic mass is 10.0. The highest BCUT2D eigenvalue weighted by atomic mass is 32.2. The Kier molecular flexibility index (Phi) is 4.12. The monoisotopic (exact) mass is 298 g/mol. The van der Waals surface area contributed by atoms with E-state index in [1.165, 1.54) is 19.2 Å². The van der Waals surface area contributed by atoms with Gasteiger partial charge in [0.2, 0.25) is 15.9 Å². The van der Waals surface area contributed by atoms with E-state index in [9.17, 15) is 13.2 Å². The van der Waals surface area contributed by atoms with Crippen molar-refractivity contribution in [2.45, 2.75) is 30.8 Å². The normalized spacial score (nSPS) is 19.6. The summed E-state index contributed by atoms with van der Waals surface area (Å²) in [5.41, 5.74) is 1.38. The van der Waals surface area contributed by atoms with E-state index < -0.39 is 10.0 Å². The van der Waals surface area contributed by atoms with Crippen molar-refractivity contribution in [1.29, 1.82) is 0 Å². The molecule has 1 aliphatic heterocycles. The minimum atomic E-state index is -3.60. The Labute approximate surface area is 118 Å². The molecule has 1 amide bonds. The second kappa shape index (κ2) is 5.51. The van der Waals surface area contributed by atoms with E-state index in [1.807, 2.05) is 0 Å². The molecule has 0 aliphatic carbocycles. The van der Waals surface area contributed by atoms with Crippen LogP contribution in [-0.4, -0.2) is 34.1 Å². The first kappa shape index (κ1) is 15.0. The van der Waals surface area contributed by atoms with E-state index in [2.05, 4.69) is 10.0 Å². The van der Waals surface area contributed by atoms with Crippen molar-refractivity contribution >= 4 is 21.6 Å². The third kappa shape index (κ3) is 2.84. The maximum absolute atomic E-state index is 12.2. The Balaban J connectivity index is 2.24. The quantitative estimate of drug-likeness (QED) is 0.851. The number of rotatable bonds is 5. The molecule has 2 rings (SSSR count). The van der Waals surface area contributed by atoms with Gasteiger partial charge in [0.05, 0.1) is 16.9 Å². The number of hydrogen-bond acceptors (Lipinski definition) is 4. The van der Waals surface area contributed by atoms with Crippen LogP contribution in [0.2, 0.25) is 0 Å². The average Bonchev–Trinajstić information content (AvgIpc) is 2.71. The molecule has 0 aromatic heterocycles. The molecule has 2 N–H and O–H groups in total. The maximum Gasteiger partial charge on any atom is 0.240 e. The van der Waals surface area contributed by atoms with Gasteiger partial charge in [-0.15, -0.1) is 0 Å². The van der Waals surface area contributed by atoms with E-state index in [1.54, 1.807) is 19.9 Å². The number of carbonyl (C=O) groups excluding carboxylic acids is 1. The molecule has 6 nitrogen and oxygen atoms in total. The number of anilines is 1. The molecular weight excluding hydrogens is 280 g/mol. The highest BCUT2D eigenvalue weighted by Crippen LogP contribution is 2.33. The first-order valence-corrected chi connectivity index (χ1v) is 7.80. The smallest absolute Gasteiger partial charge is 0.240 e. The molecule has 2 atom stereocenters. The van der Waals surface area contributed by atoms with Crippen LogP contribution < -0.4 is 10.0 Å². The Morgan fingerprint density at radius 1 is 1.45 bits per heavy atom. The molecule has 1 heterocycles. The van der Waals surface area contributed by atoms with Gasteiger partial charge in [-0.2, -0.15) is 0 Å². The number of hydrogen-bond donors (Lipinski definition) is 2. The van der Waals surface area contributed by atoms with E-state index >= 15 is 0 Å². The lowest BCUT2D eigenvalue weighted by Crippen LogP contribution is -2.31. The van der Waals surface area contributed by atoms with Gasteiger partial charge in [-0.25, -0.2) is 13.1 Å². The molecule has 1 aromatic carbocycles. The number of amides is 1. The van der Waals surface area contributed by atoms with Crippen LogP contribution in [0.3, 0.4) is 0 Å². The average molecular weight is 298 g/mol. The number of fused-ring (bicyclic) bond motifs is 1. The number of benzene rings is 1. The van der Waals surface area contributed by atoms with Crippen molar-refractivity contribution in [3.63, 3.8) is 0 Å². The van der Waals surface area contributed by atoms with Crippen molar-refractivity contribution in [2.24, 2.45) is 0 Å². The minimum absolute atomic E-state index is 0.115. The topological polar surface area (TPSA) is 84.5 Å². The predicted molar refractivity (Wildman–Crippen MR) is 75.1 cm³/mol. The van der Waals surface area contributed by atoms with Crippen LogP contribution in [0.25, 0.3) is 0 Å². The summed E-state index contributed by atoms with van der Waals surface area (Å²) in [6.07, 6.45) is -0.207. The maximum atomic E-state index is 12.2. The van der Waals surface area contributed by atoms with Crippen LogP contribution in [0.1, 0.15) is 25.3 Å². The van der Waals surface area contributed by atoms with Crippen LogP contribution in [0.5, 0.6) is 0 Å². The third-order valence-electron chi connectivity index (χ3n) is 3.41. The second-order valence-corrected chi connectivity index (χ2v) is 6.63. The van der Waals surface area contributed by atoms with Gasteiger partial charge >= 0.3 is 0 Å². The molecule has 7 heteroatoms. The van der Waals surface area contributed by atoms with Gasteiger partial charge in [-0.05, 0) is 37.6 Å². The molecular formula is C13H18N2O4S. The molecule has 20 heavy (non-hydrogen) atoms. The van der Waals surface area contributed by atoms with Crippen molar-refractivity contribution in [3.05, 3.63) is 23.8 Å². The van der Waals surface area contributed by atoms with Gasteiger partial charge in [-0.1, -0.05) is 0 Å². The third-order valence-corrected chi connectivity index (χ3v) is 4.84. The van der Waals surface area contributed by atoms with E-state index in [4.69, 9.17) is 4.74 Å². The fraction of sp³-hybridized carbons (Fsp3) is 0.462. The molecule has 0 bridgehead atoms. The fourth-order valence-electron chi connectivity index (χ4n) is 1.96. The SMILES string of the molecule is COC(C)CNS(=O)(=O)c1ccc2c(c1)C(C)C(=O)N2. The van der Waals surface area contributed by atoms with Gasteiger partial charge < -0.3 is 10.1 Å². The largest absolute Gasteiger partial charge is 0.380 e. The molecule has 0 saturated carbocycles. The zero-order chi connectivity index (χ0) is 14.9. The van der Waals surface area contributed by atoms with Crippen molar-refractivity contribution in [1.82, 2.24) is 4.72 Å². The predicted octanol–water partition coefficient (Wildman–Crippen LogP) is 1.06. The van der Waals surface area contributed by atoms with Crippen LogP contribution >= 0.6 is 0 Å². The van der Waals surface area contributed by atoms with E-state index in [-0.39, 0.29) is 29.4 Å². The Bertz CT molecular complexity index is 627. The molecule has 1 aromatic rings. The summed E-state index contributed by atoms with van der Waals surface area (Å²) in [4.78, 5) is 11.7. The molecule has 0 radical (unpaired) electrons. The number of nitrogens with one attached hydrogen (secondary N) is 2. The molecule has 0 spiro atoms. The summed E-state index contributed by atoms with van der Waals surface area (Å²) in [6.45, 7) is 3.72. The van der Waals surface area contributed by atoms with Crippen LogP contribution in [-0.2, 0) is 19.6 Å².